The van der Waals surface area contributed by atoms with Gasteiger partial charge in [0, 0.05) is 17.8 Å². The van der Waals surface area contributed by atoms with Crippen molar-refractivity contribution in [3.05, 3.63) is 59.8 Å². The third-order valence-corrected chi connectivity index (χ3v) is 2.89. The molecule has 0 aromatic heterocycles. The van der Waals surface area contributed by atoms with Crippen molar-refractivity contribution < 1.29 is 9.59 Å². The summed E-state index contributed by atoms with van der Waals surface area (Å²) < 4.78 is 0. The minimum absolute atomic E-state index is 0.364. The van der Waals surface area contributed by atoms with Crippen LogP contribution in [0.1, 0.15) is 5.56 Å². The molecule has 0 N–H and O–H groups in total. The maximum atomic E-state index is 11.9. The average Bonchev–Trinajstić information content (AvgIpc) is 2.84. The van der Waals surface area contributed by atoms with E-state index in [4.69, 9.17) is 0 Å². The quantitative estimate of drug-likeness (QED) is 0.732. The first-order valence-corrected chi connectivity index (χ1v) is 5.62. The molecule has 0 spiro atoms. The lowest BCUT2D eigenvalue weighted by Crippen LogP contribution is -2.43. The van der Waals surface area contributed by atoms with Gasteiger partial charge in [0.1, 0.15) is 5.84 Å². The Morgan fingerprint density at radius 2 is 1.89 bits per heavy atom. The normalized spacial score (nSPS) is 17.7. The number of ketones is 1. The van der Waals surface area contributed by atoms with Crippen molar-refractivity contribution in [2.75, 3.05) is 0 Å². The number of carbonyl (C=O) groups excluding carboxylic acids is 2. The molecule has 0 fully saturated rings. The number of fused-ring (bicyclic) bond motifs is 1. The highest BCUT2D eigenvalue weighted by Crippen LogP contribution is 2.20. The number of amides is 1. The first-order chi connectivity index (χ1) is 8.75. The zero-order valence-corrected chi connectivity index (χ0v) is 9.54. The predicted octanol–water partition coefficient (Wildman–Crippen LogP) is 1.45. The molecule has 3 rings (SSSR count). The van der Waals surface area contributed by atoms with E-state index in [-0.39, 0.29) is 0 Å². The van der Waals surface area contributed by atoms with Gasteiger partial charge in [0.05, 0.1) is 6.54 Å². The number of benzene rings is 1. The van der Waals surface area contributed by atoms with Gasteiger partial charge >= 0.3 is 0 Å². The minimum Gasteiger partial charge on any atom is -0.285 e. The van der Waals surface area contributed by atoms with Crippen LogP contribution in [-0.2, 0) is 16.1 Å². The van der Waals surface area contributed by atoms with Crippen LogP contribution in [0.25, 0.3) is 0 Å². The van der Waals surface area contributed by atoms with Gasteiger partial charge in [0.15, 0.2) is 0 Å². The van der Waals surface area contributed by atoms with E-state index in [1.165, 1.54) is 11.0 Å². The first kappa shape index (κ1) is 10.7. The number of hydrogen-bond donors (Lipinski definition) is 0. The van der Waals surface area contributed by atoms with E-state index >= 15 is 0 Å². The fourth-order valence-corrected chi connectivity index (χ4v) is 2.02. The zero-order valence-electron chi connectivity index (χ0n) is 9.54. The van der Waals surface area contributed by atoms with Crippen LogP contribution < -0.4 is 0 Å². The smallest absolute Gasteiger partial charge is 0.285 e. The molecule has 2 heterocycles. The monoisotopic (exact) mass is 238 g/mol. The van der Waals surface area contributed by atoms with Gasteiger partial charge in [0.25, 0.3) is 5.91 Å². The number of rotatable bonds is 2. The van der Waals surface area contributed by atoms with Gasteiger partial charge in [-0.15, -0.1) is 0 Å². The van der Waals surface area contributed by atoms with Crippen LogP contribution in [0.15, 0.2) is 59.2 Å². The number of aliphatic imine (C=N–C) groups is 1. The zero-order chi connectivity index (χ0) is 12.5. The van der Waals surface area contributed by atoms with Crippen LogP contribution in [-0.4, -0.2) is 22.4 Å². The Balaban J connectivity index is 1.94. The third-order valence-electron chi connectivity index (χ3n) is 2.89. The highest BCUT2D eigenvalue weighted by molar-refractivity contribution is 6.47. The highest BCUT2D eigenvalue weighted by atomic mass is 16.2. The summed E-state index contributed by atoms with van der Waals surface area (Å²) in [5.41, 5.74) is 1.67. The Morgan fingerprint density at radius 1 is 1.11 bits per heavy atom. The predicted molar refractivity (Wildman–Crippen MR) is 66.7 cm³/mol. The Morgan fingerprint density at radius 3 is 2.67 bits per heavy atom. The maximum Gasteiger partial charge on any atom is 0.300 e. The van der Waals surface area contributed by atoms with Crippen molar-refractivity contribution >= 4 is 17.5 Å². The molecular weight excluding hydrogens is 228 g/mol. The first-order valence-electron chi connectivity index (χ1n) is 5.62. The van der Waals surface area contributed by atoms with E-state index in [0.717, 1.165) is 5.56 Å². The summed E-state index contributed by atoms with van der Waals surface area (Å²) >= 11 is 0. The van der Waals surface area contributed by atoms with Gasteiger partial charge in [-0.1, -0.05) is 30.3 Å². The standard InChI is InChI=1S/C14H10N2O2/c17-12-8-11-6-7-15-13(11)16(14(12)18)9-10-4-2-1-3-5-10/h1-8H,9H2. The highest BCUT2D eigenvalue weighted by Gasteiger charge is 2.32. The van der Waals surface area contributed by atoms with Crippen molar-refractivity contribution in [2.45, 2.75) is 6.54 Å². The molecule has 2 aliphatic rings. The van der Waals surface area contributed by atoms with Crippen LogP contribution in [0.4, 0.5) is 0 Å². The average molecular weight is 238 g/mol. The van der Waals surface area contributed by atoms with Crippen LogP contribution in [0.2, 0.25) is 0 Å². The molecule has 0 atom stereocenters. The van der Waals surface area contributed by atoms with Gasteiger partial charge in [0.2, 0.25) is 5.78 Å². The van der Waals surface area contributed by atoms with E-state index in [2.05, 4.69) is 4.99 Å². The molecule has 0 saturated heterocycles. The second kappa shape index (κ2) is 4.07. The Kier molecular flexibility index (Phi) is 2.41. The summed E-state index contributed by atoms with van der Waals surface area (Å²) in [5.74, 6) is -0.458. The van der Waals surface area contributed by atoms with E-state index in [1.54, 1.807) is 12.3 Å². The molecule has 0 aliphatic carbocycles. The summed E-state index contributed by atoms with van der Waals surface area (Å²) in [5, 5.41) is 0. The summed E-state index contributed by atoms with van der Waals surface area (Å²) in [4.78, 5) is 29.0. The van der Waals surface area contributed by atoms with Crippen molar-refractivity contribution in [1.82, 2.24) is 4.90 Å². The SMILES string of the molecule is O=C1C=C2C=CN=C2N(Cc2ccccc2)C1=O. The van der Waals surface area contributed by atoms with Gasteiger partial charge < -0.3 is 0 Å². The van der Waals surface area contributed by atoms with Crippen molar-refractivity contribution in [3.63, 3.8) is 0 Å². The largest absolute Gasteiger partial charge is 0.300 e. The van der Waals surface area contributed by atoms with Crippen molar-refractivity contribution in [2.24, 2.45) is 4.99 Å². The molecule has 0 bridgehead atoms. The summed E-state index contributed by atoms with van der Waals surface area (Å²) in [7, 11) is 0. The molecule has 0 radical (unpaired) electrons. The lowest BCUT2D eigenvalue weighted by atomic mass is 10.1. The van der Waals surface area contributed by atoms with Crippen LogP contribution in [0.3, 0.4) is 0 Å². The molecule has 2 aliphatic heterocycles. The van der Waals surface area contributed by atoms with E-state index in [9.17, 15) is 9.59 Å². The van der Waals surface area contributed by atoms with Gasteiger partial charge in [-0.3, -0.25) is 14.5 Å². The van der Waals surface area contributed by atoms with Crippen molar-refractivity contribution in [3.8, 4) is 0 Å². The number of nitrogens with zero attached hydrogens (tertiary/aromatic N) is 2. The Bertz CT molecular complexity index is 612. The molecule has 1 aromatic carbocycles. The van der Waals surface area contributed by atoms with Crippen LogP contribution in [0, 0.1) is 0 Å². The molecule has 1 aromatic rings. The van der Waals surface area contributed by atoms with Crippen LogP contribution >= 0.6 is 0 Å². The Labute approximate surface area is 104 Å². The van der Waals surface area contributed by atoms with E-state index < -0.39 is 11.7 Å². The lowest BCUT2D eigenvalue weighted by molar-refractivity contribution is -0.140. The third kappa shape index (κ3) is 1.68. The summed E-state index contributed by atoms with van der Waals surface area (Å²) in [6.45, 7) is 0.364. The molecule has 1 amide bonds. The number of hydrogen-bond acceptors (Lipinski definition) is 3. The van der Waals surface area contributed by atoms with Crippen LogP contribution in [0.5, 0.6) is 0 Å². The molecule has 18 heavy (non-hydrogen) atoms. The molecule has 88 valence electrons. The lowest BCUT2D eigenvalue weighted by Gasteiger charge is -2.25. The fourth-order valence-electron chi connectivity index (χ4n) is 2.02. The number of amidine groups is 1. The molecule has 0 unspecified atom stereocenters. The van der Waals surface area contributed by atoms with Crippen molar-refractivity contribution in [1.29, 1.82) is 0 Å². The molecule has 0 saturated carbocycles. The second-order valence-corrected chi connectivity index (χ2v) is 4.11. The number of carbonyl (C=O) groups is 2. The molecule has 4 nitrogen and oxygen atoms in total. The van der Waals surface area contributed by atoms with E-state index in [1.807, 2.05) is 30.3 Å². The summed E-state index contributed by atoms with van der Waals surface area (Å²) in [6.07, 6.45) is 4.68. The molecular formula is C14H10N2O2. The van der Waals surface area contributed by atoms with Gasteiger partial charge in [-0.05, 0) is 11.6 Å². The topological polar surface area (TPSA) is 49.7 Å². The Hall–Kier alpha value is -2.49. The fraction of sp³-hybridized carbons (Fsp3) is 0.0714. The maximum absolute atomic E-state index is 11.9. The minimum atomic E-state index is -0.523. The second-order valence-electron chi connectivity index (χ2n) is 4.11. The van der Waals surface area contributed by atoms with Gasteiger partial charge in [-0.2, -0.15) is 0 Å². The van der Waals surface area contributed by atoms with E-state index in [0.29, 0.717) is 18.0 Å². The van der Waals surface area contributed by atoms with Gasteiger partial charge in [-0.25, -0.2) is 4.99 Å². The molecule has 4 heteroatoms. The summed E-state index contributed by atoms with van der Waals surface area (Å²) in [6, 6.07) is 9.54.